The molecule has 2 rings (SSSR count). The van der Waals surface area contributed by atoms with Gasteiger partial charge in [0.1, 0.15) is 5.76 Å². The highest BCUT2D eigenvalue weighted by Crippen LogP contribution is 2.26. The fraction of sp³-hybridized carbons (Fsp3) is 0.444. The highest BCUT2D eigenvalue weighted by molar-refractivity contribution is 7.99. The van der Waals surface area contributed by atoms with Gasteiger partial charge in [-0.25, -0.2) is 4.98 Å². The molecule has 1 aromatic heterocycles. The summed E-state index contributed by atoms with van der Waals surface area (Å²) in [5.41, 5.74) is 1.88. The number of benzene rings is 1. The van der Waals surface area contributed by atoms with Gasteiger partial charge in [-0.1, -0.05) is 6.92 Å². The molecule has 1 amide bonds. The van der Waals surface area contributed by atoms with Crippen LogP contribution in [0.3, 0.4) is 0 Å². The maximum Gasteiger partial charge on any atom is 0.230 e. The summed E-state index contributed by atoms with van der Waals surface area (Å²) in [6, 6.07) is 8.39. The molecule has 0 spiro atoms. The lowest BCUT2D eigenvalue weighted by molar-refractivity contribution is -0.119. The predicted molar refractivity (Wildman–Crippen MR) is 103 cm³/mol. The second-order valence-electron chi connectivity index (χ2n) is 5.62. The normalized spacial score (nSPS) is 12.2. The Labute approximate surface area is 152 Å². The van der Waals surface area contributed by atoms with Crippen molar-refractivity contribution < 1.29 is 9.21 Å². The number of rotatable bonds is 8. The second kappa shape index (κ2) is 9.18. The Balaban J connectivity index is 1.92. The predicted octanol–water partition coefficient (Wildman–Crippen LogP) is 4.52. The first-order chi connectivity index (χ1) is 11.5. The van der Waals surface area contributed by atoms with E-state index in [1.54, 1.807) is 23.5 Å². The zero-order valence-corrected chi connectivity index (χ0v) is 16.2. The molecule has 0 aliphatic carbocycles. The SMILES string of the molecule is CCC(C)NC(=O)CSCc1nc(-c2ccc(SC)cc2)oc1C. The molecule has 2 aromatic rings. The van der Waals surface area contributed by atoms with Crippen molar-refractivity contribution in [3.63, 3.8) is 0 Å². The maximum absolute atomic E-state index is 11.8. The molecule has 0 radical (unpaired) electrons. The molecule has 1 atom stereocenters. The average Bonchev–Trinajstić information content (AvgIpc) is 2.95. The molecule has 1 unspecified atom stereocenters. The number of carbonyl (C=O) groups is 1. The number of hydrogen-bond donors (Lipinski definition) is 1. The molecule has 24 heavy (non-hydrogen) atoms. The summed E-state index contributed by atoms with van der Waals surface area (Å²) < 4.78 is 5.78. The lowest BCUT2D eigenvalue weighted by Gasteiger charge is -2.10. The molecule has 0 saturated heterocycles. The zero-order valence-electron chi connectivity index (χ0n) is 14.6. The van der Waals surface area contributed by atoms with Crippen molar-refractivity contribution in [3.05, 3.63) is 35.7 Å². The minimum absolute atomic E-state index is 0.0726. The third-order valence-electron chi connectivity index (χ3n) is 3.72. The van der Waals surface area contributed by atoms with Gasteiger partial charge < -0.3 is 9.73 Å². The van der Waals surface area contributed by atoms with Crippen LogP contribution in [0.1, 0.15) is 31.7 Å². The number of hydrogen-bond acceptors (Lipinski definition) is 5. The zero-order chi connectivity index (χ0) is 17.5. The van der Waals surface area contributed by atoms with Crippen LogP contribution >= 0.6 is 23.5 Å². The minimum atomic E-state index is 0.0726. The average molecular weight is 365 g/mol. The molecule has 0 bridgehead atoms. The summed E-state index contributed by atoms with van der Waals surface area (Å²) in [6.45, 7) is 5.99. The highest BCUT2D eigenvalue weighted by Gasteiger charge is 2.13. The van der Waals surface area contributed by atoms with Crippen molar-refractivity contribution in [2.45, 2.75) is 43.9 Å². The van der Waals surface area contributed by atoms with Gasteiger partial charge in [0.05, 0.1) is 11.4 Å². The van der Waals surface area contributed by atoms with E-state index in [4.69, 9.17) is 4.42 Å². The Bertz CT molecular complexity index is 668. The van der Waals surface area contributed by atoms with E-state index in [0.717, 1.165) is 23.4 Å². The number of aryl methyl sites for hydroxylation is 1. The van der Waals surface area contributed by atoms with E-state index >= 15 is 0 Å². The Hall–Kier alpha value is -1.40. The molecular formula is C18H24N2O2S2. The molecular weight excluding hydrogens is 340 g/mol. The van der Waals surface area contributed by atoms with Crippen molar-refractivity contribution in [1.82, 2.24) is 10.3 Å². The van der Waals surface area contributed by atoms with E-state index in [1.807, 2.05) is 26.0 Å². The van der Waals surface area contributed by atoms with Gasteiger partial charge in [-0.2, -0.15) is 0 Å². The first-order valence-electron chi connectivity index (χ1n) is 8.01. The van der Waals surface area contributed by atoms with Crippen molar-refractivity contribution >= 4 is 29.4 Å². The standard InChI is InChI=1S/C18H24N2O2S2/c1-5-12(2)19-17(21)11-24-10-16-13(3)22-18(20-16)14-6-8-15(23-4)9-7-14/h6-9,12H,5,10-11H2,1-4H3,(H,19,21). The molecule has 1 aromatic carbocycles. The van der Waals surface area contributed by atoms with Crippen LogP contribution in [0.25, 0.3) is 11.5 Å². The minimum Gasteiger partial charge on any atom is -0.441 e. The summed E-state index contributed by atoms with van der Waals surface area (Å²) in [5, 5.41) is 2.97. The van der Waals surface area contributed by atoms with Crippen molar-refractivity contribution in [1.29, 1.82) is 0 Å². The first-order valence-corrected chi connectivity index (χ1v) is 10.4. The van der Waals surface area contributed by atoms with Gasteiger partial charge in [0.25, 0.3) is 0 Å². The first kappa shape index (κ1) is 18.9. The van der Waals surface area contributed by atoms with Crippen molar-refractivity contribution in [2.75, 3.05) is 12.0 Å². The van der Waals surface area contributed by atoms with Gasteiger partial charge in [0, 0.05) is 22.3 Å². The Kier molecular flexibility index (Phi) is 7.24. The maximum atomic E-state index is 11.8. The molecule has 0 fully saturated rings. The molecule has 4 nitrogen and oxygen atoms in total. The number of nitrogens with zero attached hydrogens (tertiary/aromatic N) is 1. The van der Waals surface area contributed by atoms with Crippen LogP contribution in [0, 0.1) is 6.92 Å². The number of nitrogens with one attached hydrogen (secondary N) is 1. The van der Waals surface area contributed by atoms with Crippen molar-refractivity contribution in [3.8, 4) is 11.5 Å². The highest BCUT2D eigenvalue weighted by atomic mass is 32.2. The van der Waals surface area contributed by atoms with E-state index in [0.29, 0.717) is 17.4 Å². The van der Waals surface area contributed by atoms with Gasteiger partial charge in [-0.15, -0.1) is 23.5 Å². The summed E-state index contributed by atoms with van der Waals surface area (Å²) in [7, 11) is 0. The van der Waals surface area contributed by atoms with Gasteiger partial charge >= 0.3 is 0 Å². The molecule has 0 saturated carbocycles. The van der Waals surface area contributed by atoms with Crippen LogP contribution in [0.2, 0.25) is 0 Å². The van der Waals surface area contributed by atoms with Crippen molar-refractivity contribution in [2.24, 2.45) is 0 Å². The topological polar surface area (TPSA) is 55.1 Å². The molecule has 130 valence electrons. The lowest BCUT2D eigenvalue weighted by Crippen LogP contribution is -2.33. The van der Waals surface area contributed by atoms with Crippen LogP contribution in [0.4, 0.5) is 0 Å². The number of thioether (sulfide) groups is 2. The van der Waals surface area contributed by atoms with Crippen LogP contribution < -0.4 is 5.32 Å². The van der Waals surface area contributed by atoms with Crippen LogP contribution in [-0.4, -0.2) is 28.9 Å². The molecule has 1 N–H and O–H groups in total. The largest absolute Gasteiger partial charge is 0.441 e. The molecule has 0 aliphatic rings. The van der Waals surface area contributed by atoms with Crippen LogP contribution in [0.5, 0.6) is 0 Å². The van der Waals surface area contributed by atoms with E-state index < -0.39 is 0 Å². The van der Waals surface area contributed by atoms with E-state index in [2.05, 4.69) is 35.6 Å². The number of aromatic nitrogens is 1. The summed E-state index contributed by atoms with van der Waals surface area (Å²) in [5.74, 6) is 2.64. The smallest absolute Gasteiger partial charge is 0.230 e. The van der Waals surface area contributed by atoms with Gasteiger partial charge in [-0.05, 0) is 50.8 Å². The number of carbonyl (C=O) groups excluding carboxylic acids is 1. The summed E-state index contributed by atoms with van der Waals surface area (Å²) >= 11 is 3.27. The van der Waals surface area contributed by atoms with E-state index in [9.17, 15) is 4.79 Å². The molecule has 1 heterocycles. The third kappa shape index (κ3) is 5.31. The van der Waals surface area contributed by atoms with Gasteiger partial charge in [-0.3, -0.25) is 4.79 Å². The van der Waals surface area contributed by atoms with Crippen LogP contribution in [0.15, 0.2) is 33.6 Å². The second-order valence-corrected chi connectivity index (χ2v) is 7.49. The number of oxazole rings is 1. The lowest BCUT2D eigenvalue weighted by atomic mass is 10.2. The number of amides is 1. The Morgan fingerprint density at radius 2 is 2.04 bits per heavy atom. The Morgan fingerprint density at radius 3 is 2.67 bits per heavy atom. The third-order valence-corrected chi connectivity index (χ3v) is 5.41. The van der Waals surface area contributed by atoms with Gasteiger partial charge in [0.2, 0.25) is 11.8 Å². The van der Waals surface area contributed by atoms with E-state index in [-0.39, 0.29) is 11.9 Å². The summed E-state index contributed by atoms with van der Waals surface area (Å²) in [6.07, 6.45) is 2.99. The monoisotopic (exact) mass is 364 g/mol. The van der Waals surface area contributed by atoms with Crippen LogP contribution in [-0.2, 0) is 10.5 Å². The van der Waals surface area contributed by atoms with Gasteiger partial charge in [0.15, 0.2) is 0 Å². The molecule has 0 aliphatic heterocycles. The fourth-order valence-corrected chi connectivity index (χ4v) is 3.32. The summed E-state index contributed by atoms with van der Waals surface area (Å²) in [4.78, 5) is 17.6. The quantitative estimate of drug-likeness (QED) is 0.698. The molecule has 6 heteroatoms. The Morgan fingerprint density at radius 1 is 1.33 bits per heavy atom. The van der Waals surface area contributed by atoms with E-state index in [1.165, 1.54) is 4.90 Å². The fourth-order valence-electron chi connectivity index (χ4n) is 2.08.